The summed E-state index contributed by atoms with van der Waals surface area (Å²) in [6, 6.07) is 8.50. The van der Waals surface area contributed by atoms with Gasteiger partial charge in [-0.05, 0) is 24.3 Å². The third-order valence-corrected chi connectivity index (χ3v) is 3.60. The number of hydrogen-bond donors (Lipinski definition) is 0. The molecule has 0 unspecified atom stereocenters. The fraction of sp³-hybridized carbons (Fsp3) is 0. The van der Waals surface area contributed by atoms with Crippen LogP contribution in [-0.2, 0) is 17.4 Å². The number of fused-ring (bicyclic) bond motifs is 1. The van der Waals surface area contributed by atoms with Gasteiger partial charge in [0.1, 0.15) is 0 Å². The number of nitrogens with zero attached hydrogens (tertiary/aromatic N) is 1. The zero-order valence-electron chi connectivity index (χ0n) is 8.66. The molecule has 6 nitrogen and oxygen atoms in total. The zero-order chi connectivity index (χ0) is 13.0. The molecule has 2 aromatic rings. The number of hydrogen-bond acceptors (Lipinski definition) is 6. The van der Waals surface area contributed by atoms with Crippen LogP contribution in [0.4, 0.5) is 0 Å². The molecule has 1 aromatic heterocycles. The summed E-state index contributed by atoms with van der Waals surface area (Å²) in [4.78, 5) is 8.95. The molecule has 18 heavy (non-hydrogen) atoms. The largest absolute Gasteiger partial charge is 0.544 e. The van der Waals surface area contributed by atoms with Crippen LogP contribution in [-0.4, -0.2) is 4.98 Å². The Kier molecular flexibility index (Phi) is 4.40. The smallest absolute Gasteiger partial charge is 0.326 e. The minimum atomic E-state index is -4.14. The van der Waals surface area contributed by atoms with Gasteiger partial charge in [-0.3, -0.25) is 4.98 Å². The van der Waals surface area contributed by atoms with Crippen molar-refractivity contribution in [1.29, 1.82) is 0 Å². The van der Waals surface area contributed by atoms with Gasteiger partial charge in [0, 0.05) is 11.6 Å². The average Bonchev–Trinajstić information content (AvgIpc) is 2.44. The maximum absolute atomic E-state index is 11.4. The highest BCUT2D eigenvalue weighted by atomic mass is 35.5. The Bertz CT molecular complexity index is 583. The second kappa shape index (κ2) is 5.84. The first-order valence-corrected chi connectivity index (χ1v) is 6.67. The van der Waals surface area contributed by atoms with Crippen LogP contribution in [0.5, 0.6) is 5.75 Å². The maximum atomic E-state index is 11.4. The van der Waals surface area contributed by atoms with Gasteiger partial charge in [-0.2, -0.15) is 8.15 Å². The summed E-state index contributed by atoms with van der Waals surface area (Å²) in [5.41, 5.74) is 0.673. The number of benzene rings is 1. The lowest BCUT2D eigenvalue weighted by Crippen LogP contribution is -1.97. The Balaban J connectivity index is 2.25. The van der Waals surface area contributed by atoms with E-state index in [9.17, 15) is 4.57 Å². The van der Waals surface area contributed by atoms with E-state index < -0.39 is 7.82 Å². The lowest BCUT2D eigenvalue weighted by atomic mass is 10.2. The SMILES string of the molecule is O=P(OCl)(OCl)OOc1cccc2ncccc12. The van der Waals surface area contributed by atoms with Gasteiger partial charge in [-0.25, -0.2) is 4.57 Å². The molecule has 9 heteroatoms. The fourth-order valence-corrected chi connectivity index (χ4v) is 1.90. The first-order valence-electron chi connectivity index (χ1n) is 4.59. The van der Waals surface area contributed by atoms with E-state index in [4.69, 9.17) is 28.6 Å². The zero-order valence-corrected chi connectivity index (χ0v) is 11.1. The number of pyridine rings is 1. The van der Waals surface area contributed by atoms with E-state index in [0.29, 0.717) is 10.9 Å². The Hall–Kier alpha value is -0.880. The molecule has 0 radical (unpaired) electrons. The molecule has 1 aromatic carbocycles. The number of phosphoric acid groups is 1. The minimum Gasteiger partial charge on any atom is -0.326 e. The third kappa shape index (κ3) is 2.92. The van der Waals surface area contributed by atoms with Gasteiger partial charge < -0.3 is 4.89 Å². The number of rotatable bonds is 5. The second-order valence-electron chi connectivity index (χ2n) is 3.07. The summed E-state index contributed by atoms with van der Waals surface area (Å²) < 4.78 is 23.7. The molecule has 0 spiro atoms. The predicted molar refractivity (Wildman–Crippen MR) is 64.9 cm³/mol. The third-order valence-electron chi connectivity index (χ3n) is 1.99. The van der Waals surface area contributed by atoms with Gasteiger partial charge >= 0.3 is 7.82 Å². The van der Waals surface area contributed by atoms with Crippen molar-refractivity contribution < 1.29 is 22.3 Å². The summed E-state index contributed by atoms with van der Waals surface area (Å²) in [5.74, 6) is 0.267. The first-order chi connectivity index (χ1) is 8.68. The van der Waals surface area contributed by atoms with Gasteiger partial charge in [-0.15, -0.1) is 0 Å². The van der Waals surface area contributed by atoms with Crippen LogP contribution in [0.3, 0.4) is 0 Å². The van der Waals surface area contributed by atoms with Crippen LogP contribution in [0.1, 0.15) is 0 Å². The highest BCUT2D eigenvalue weighted by molar-refractivity contribution is 7.50. The molecule has 96 valence electrons. The van der Waals surface area contributed by atoms with Crippen molar-refractivity contribution in [2.75, 3.05) is 0 Å². The molecule has 1 heterocycles. The van der Waals surface area contributed by atoms with Crippen LogP contribution < -0.4 is 4.89 Å². The highest BCUT2D eigenvalue weighted by Gasteiger charge is 2.29. The molecule has 0 amide bonds. The van der Waals surface area contributed by atoms with Crippen LogP contribution in [0.25, 0.3) is 10.9 Å². The number of halogens is 2. The van der Waals surface area contributed by atoms with Crippen molar-refractivity contribution in [2.45, 2.75) is 0 Å². The van der Waals surface area contributed by atoms with Crippen molar-refractivity contribution in [2.24, 2.45) is 0 Å². The van der Waals surface area contributed by atoms with E-state index >= 15 is 0 Å². The van der Waals surface area contributed by atoms with Crippen molar-refractivity contribution in [3.63, 3.8) is 0 Å². The van der Waals surface area contributed by atoms with E-state index in [1.54, 1.807) is 36.5 Å². The predicted octanol–water partition coefficient (Wildman–Crippen LogP) is 3.99. The molecule has 0 aliphatic heterocycles. The summed E-state index contributed by atoms with van der Waals surface area (Å²) in [5, 5.41) is 0.649. The van der Waals surface area contributed by atoms with Crippen molar-refractivity contribution in [3.05, 3.63) is 36.5 Å². The Morgan fingerprint density at radius 3 is 2.61 bits per heavy atom. The quantitative estimate of drug-likeness (QED) is 0.472. The molecular weight excluding hydrogens is 304 g/mol. The first kappa shape index (κ1) is 13.5. The lowest BCUT2D eigenvalue weighted by molar-refractivity contribution is -0.116. The van der Waals surface area contributed by atoms with Crippen LogP contribution in [0.2, 0.25) is 0 Å². The van der Waals surface area contributed by atoms with E-state index in [1.165, 1.54) is 0 Å². The summed E-state index contributed by atoms with van der Waals surface area (Å²) in [7, 11) is -4.14. The molecule has 0 saturated carbocycles. The Labute approximate surface area is 112 Å². The molecule has 0 fully saturated rings. The van der Waals surface area contributed by atoms with Gasteiger partial charge in [0.15, 0.2) is 5.75 Å². The average molecular weight is 310 g/mol. The van der Waals surface area contributed by atoms with Crippen LogP contribution in [0, 0.1) is 0 Å². The van der Waals surface area contributed by atoms with E-state index in [0.717, 1.165) is 0 Å². The van der Waals surface area contributed by atoms with Crippen molar-refractivity contribution in [3.8, 4) is 5.75 Å². The topological polar surface area (TPSA) is 66.9 Å². The molecule has 0 bridgehead atoms. The summed E-state index contributed by atoms with van der Waals surface area (Å²) in [6.45, 7) is 0. The molecule has 0 aliphatic carbocycles. The van der Waals surface area contributed by atoms with Crippen LogP contribution in [0.15, 0.2) is 36.5 Å². The Morgan fingerprint density at radius 1 is 1.11 bits per heavy atom. The highest BCUT2D eigenvalue weighted by Crippen LogP contribution is 2.52. The standard InChI is InChI=1S/C9H6Cl2NO5P/c10-15-18(13,16-11)17-14-9-5-1-4-8-7(9)3-2-6-12-8/h1-6H. The second-order valence-corrected chi connectivity index (χ2v) is 5.22. The van der Waals surface area contributed by atoms with E-state index in [2.05, 4.69) is 17.8 Å². The Morgan fingerprint density at radius 2 is 1.89 bits per heavy atom. The monoisotopic (exact) mass is 309 g/mol. The molecule has 0 saturated heterocycles. The molecule has 0 aliphatic rings. The summed E-state index contributed by atoms with van der Waals surface area (Å²) >= 11 is 9.81. The van der Waals surface area contributed by atoms with E-state index in [1.807, 2.05) is 0 Å². The summed E-state index contributed by atoms with van der Waals surface area (Å²) in [6.07, 6.45) is 1.63. The van der Waals surface area contributed by atoms with Gasteiger partial charge in [0.25, 0.3) is 0 Å². The fourth-order valence-electron chi connectivity index (χ4n) is 1.27. The van der Waals surface area contributed by atoms with Crippen LogP contribution >= 0.6 is 31.6 Å². The molecule has 0 N–H and O–H groups in total. The van der Waals surface area contributed by atoms with Gasteiger partial charge in [0.05, 0.1) is 29.2 Å². The van der Waals surface area contributed by atoms with E-state index in [-0.39, 0.29) is 5.75 Å². The maximum Gasteiger partial charge on any atom is 0.544 e. The number of aromatic nitrogens is 1. The molecular formula is C9H6Cl2NO5P. The minimum absolute atomic E-state index is 0.267. The van der Waals surface area contributed by atoms with Crippen molar-refractivity contribution >= 4 is 42.5 Å². The molecule has 0 atom stereocenters. The lowest BCUT2D eigenvalue weighted by Gasteiger charge is -2.10. The van der Waals surface area contributed by atoms with Gasteiger partial charge in [0.2, 0.25) is 0 Å². The molecule has 2 rings (SSSR count). The van der Waals surface area contributed by atoms with Crippen molar-refractivity contribution in [1.82, 2.24) is 4.98 Å². The van der Waals surface area contributed by atoms with Gasteiger partial charge in [-0.1, -0.05) is 10.7 Å². The normalized spacial score (nSPS) is 11.7.